The zero-order chi connectivity index (χ0) is 26.4. The van der Waals surface area contributed by atoms with Crippen LogP contribution in [0, 0.1) is 23.2 Å². The summed E-state index contributed by atoms with van der Waals surface area (Å²) in [7, 11) is 0. The lowest BCUT2D eigenvalue weighted by Gasteiger charge is -2.62. The second-order valence-electron chi connectivity index (χ2n) is 12.2. The lowest BCUT2D eigenvalue weighted by molar-refractivity contribution is -0.105. The number of hydrogen-bond donors (Lipinski definition) is 3. The van der Waals surface area contributed by atoms with E-state index in [-0.39, 0.29) is 18.0 Å². The molecule has 4 aliphatic rings. The highest BCUT2D eigenvalue weighted by atomic mass is 79.9. The standard InChI is InChI=1S/C29H39BrN4O3/c1-18-22-14-20(28(22,2)3)15-23(18)33-24-16-32-34(27(36)25(24)30)21-10-8-9-19(13-21)26(35)31-17-29(37)11-6-4-5-7-12-29/h8-10,13,16,18,20,22-23,33,37H,4-7,11-12,14-15,17H2,1-3H3,(H,31,35)/t18-,20-,22+,23-/m1/s1. The molecule has 0 spiro atoms. The topological polar surface area (TPSA) is 96.2 Å². The third-order valence-electron chi connectivity index (χ3n) is 9.58. The molecule has 4 fully saturated rings. The molecule has 37 heavy (non-hydrogen) atoms. The Morgan fingerprint density at radius 1 is 1.19 bits per heavy atom. The maximum absolute atomic E-state index is 13.3. The molecule has 3 N–H and O–H groups in total. The third-order valence-corrected chi connectivity index (χ3v) is 10.3. The molecule has 8 heteroatoms. The van der Waals surface area contributed by atoms with Crippen LogP contribution in [0.4, 0.5) is 5.69 Å². The molecule has 0 radical (unpaired) electrons. The summed E-state index contributed by atoms with van der Waals surface area (Å²) >= 11 is 3.51. The molecule has 0 aliphatic heterocycles. The monoisotopic (exact) mass is 570 g/mol. The number of benzene rings is 1. The van der Waals surface area contributed by atoms with E-state index in [2.05, 4.69) is 52.4 Å². The van der Waals surface area contributed by atoms with E-state index in [1.807, 2.05) is 0 Å². The molecule has 1 aromatic heterocycles. The number of aromatic nitrogens is 2. The van der Waals surface area contributed by atoms with Crippen molar-refractivity contribution in [1.82, 2.24) is 15.1 Å². The number of rotatable bonds is 6. The molecule has 6 rings (SSSR count). The van der Waals surface area contributed by atoms with Gasteiger partial charge in [-0.1, -0.05) is 52.5 Å². The van der Waals surface area contributed by atoms with Crippen molar-refractivity contribution in [2.24, 2.45) is 23.2 Å². The second kappa shape index (κ2) is 10.2. The molecule has 1 amide bonds. The molecule has 0 saturated heterocycles. The molecule has 7 nitrogen and oxygen atoms in total. The number of fused-ring (bicyclic) bond motifs is 2. The van der Waals surface area contributed by atoms with Crippen LogP contribution in [-0.4, -0.2) is 39.0 Å². The van der Waals surface area contributed by atoms with Crippen LogP contribution in [0.3, 0.4) is 0 Å². The molecular formula is C29H39BrN4O3. The molecule has 4 saturated carbocycles. The van der Waals surface area contributed by atoms with Crippen LogP contribution in [0.15, 0.2) is 39.7 Å². The fourth-order valence-corrected chi connectivity index (χ4v) is 7.33. The van der Waals surface area contributed by atoms with Gasteiger partial charge in [0.2, 0.25) is 0 Å². The van der Waals surface area contributed by atoms with Crippen LogP contribution in [0.25, 0.3) is 5.69 Å². The Labute approximate surface area is 227 Å². The SMILES string of the molecule is C[C@H]1[C@H](Nc2cnn(-c3cccc(C(=O)NCC4(O)CCCCCC4)c3)c(=O)c2Br)C[C@H]2C[C@@H]1C2(C)C. The molecular weight excluding hydrogens is 532 g/mol. The fourth-order valence-electron chi connectivity index (χ4n) is 6.95. The van der Waals surface area contributed by atoms with Crippen molar-refractivity contribution in [1.29, 1.82) is 0 Å². The Morgan fingerprint density at radius 2 is 1.92 bits per heavy atom. The number of carbonyl (C=O) groups excluding carboxylic acids is 1. The summed E-state index contributed by atoms with van der Waals surface area (Å²) in [5, 5.41) is 21.8. The van der Waals surface area contributed by atoms with Gasteiger partial charge in [0.05, 0.1) is 23.2 Å². The van der Waals surface area contributed by atoms with Crippen molar-refractivity contribution in [3.8, 4) is 5.69 Å². The zero-order valence-corrected chi connectivity index (χ0v) is 23.7. The third kappa shape index (κ3) is 5.11. The summed E-state index contributed by atoms with van der Waals surface area (Å²) in [5.41, 5.74) is 0.947. The van der Waals surface area contributed by atoms with Crippen molar-refractivity contribution >= 4 is 27.5 Å². The van der Waals surface area contributed by atoms with Crippen LogP contribution in [0.5, 0.6) is 0 Å². The van der Waals surface area contributed by atoms with Gasteiger partial charge in [0.15, 0.2) is 0 Å². The van der Waals surface area contributed by atoms with Gasteiger partial charge in [-0.25, -0.2) is 0 Å². The summed E-state index contributed by atoms with van der Waals surface area (Å²) in [6.07, 6.45) is 9.73. The quantitative estimate of drug-likeness (QED) is 0.410. The van der Waals surface area contributed by atoms with Crippen LogP contribution < -0.4 is 16.2 Å². The molecule has 4 aliphatic carbocycles. The van der Waals surface area contributed by atoms with Gasteiger partial charge in [0, 0.05) is 18.2 Å². The van der Waals surface area contributed by atoms with Crippen molar-refractivity contribution in [2.75, 3.05) is 11.9 Å². The van der Waals surface area contributed by atoms with Gasteiger partial charge >= 0.3 is 0 Å². The van der Waals surface area contributed by atoms with Gasteiger partial charge in [-0.2, -0.15) is 9.78 Å². The van der Waals surface area contributed by atoms with Crippen LogP contribution >= 0.6 is 15.9 Å². The highest BCUT2D eigenvalue weighted by Crippen LogP contribution is 2.61. The predicted octanol–water partition coefficient (Wildman–Crippen LogP) is 5.29. The highest BCUT2D eigenvalue weighted by molar-refractivity contribution is 9.10. The van der Waals surface area contributed by atoms with Gasteiger partial charge < -0.3 is 15.7 Å². The molecule has 2 bridgehead atoms. The van der Waals surface area contributed by atoms with E-state index in [0.29, 0.717) is 57.5 Å². The number of nitrogens with zero attached hydrogens (tertiary/aromatic N) is 2. The Kier molecular flexibility index (Phi) is 7.26. The number of halogens is 1. The van der Waals surface area contributed by atoms with Gasteiger partial charge in [-0.3, -0.25) is 9.59 Å². The van der Waals surface area contributed by atoms with E-state index in [4.69, 9.17) is 0 Å². The number of amides is 1. The summed E-state index contributed by atoms with van der Waals surface area (Å²) in [6.45, 7) is 7.31. The number of carbonyl (C=O) groups is 1. The van der Waals surface area contributed by atoms with E-state index in [1.165, 1.54) is 11.1 Å². The minimum Gasteiger partial charge on any atom is -0.388 e. The molecule has 1 aromatic carbocycles. The molecule has 1 heterocycles. The van der Waals surface area contributed by atoms with Gasteiger partial charge in [-0.05, 0) is 83.0 Å². The first-order valence-electron chi connectivity index (χ1n) is 13.7. The number of hydrogen-bond acceptors (Lipinski definition) is 5. The van der Waals surface area contributed by atoms with Crippen LogP contribution in [0.2, 0.25) is 0 Å². The minimum atomic E-state index is -0.845. The van der Waals surface area contributed by atoms with Gasteiger partial charge in [0.25, 0.3) is 11.5 Å². The second-order valence-corrected chi connectivity index (χ2v) is 13.0. The summed E-state index contributed by atoms with van der Waals surface area (Å²) < 4.78 is 1.76. The summed E-state index contributed by atoms with van der Waals surface area (Å²) in [5.74, 6) is 1.68. The molecule has 0 unspecified atom stereocenters. The van der Waals surface area contributed by atoms with Crippen LogP contribution in [-0.2, 0) is 0 Å². The minimum absolute atomic E-state index is 0.235. The largest absolute Gasteiger partial charge is 0.388 e. The van der Waals surface area contributed by atoms with Crippen molar-refractivity contribution in [3.63, 3.8) is 0 Å². The van der Waals surface area contributed by atoms with Gasteiger partial charge in [0.1, 0.15) is 4.47 Å². The fraction of sp³-hybridized carbons (Fsp3) is 0.621. The maximum Gasteiger partial charge on any atom is 0.287 e. The van der Waals surface area contributed by atoms with Crippen molar-refractivity contribution < 1.29 is 9.90 Å². The average Bonchev–Trinajstić information content (AvgIpc) is 3.11. The first-order valence-corrected chi connectivity index (χ1v) is 14.5. The first-order chi connectivity index (χ1) is 17.6. The first kappa shape index (κ1) is 26.4. The van der Waals surface area contributed by atoms with Gasteiger partial charge in [-0.15, -0.1) is 0 Å². The summed E-state index contributed by atoms with van der Waals surface area (Å²) in [6, 6.07) is 7.21. The Hall–Kier alpha value is -2.19. The number of aliphatic hydroxyl groups is 1. The Balaban J connectivity index is 1.29. The smallest absolute Gasteiger partial charge is 0.287 e. The van der Waals surface area contributed by atoms with E-state index >= 15 is 0 Å². The van der Waals surface area contributed by atoms with E-state index in [1.54, 1.807) is 30.5 Å². The number of nitrogens with one attached hydrogen (secondary N) is 2. The molecule has 4 atom stereocenters. The summed E-state index contributed by atoms with van der Waals surface area (Å²) in [4.78, 5) is 26.1. The molecule has 200 valence electrons. The average molecular weight is 572 g/mol. The molecule has 2 aromatic rings. The lowest BCUT2D eigenvalue weighted by atomic mass is 9.45. The van der Waals surface area contributed by atoms with E-state index in [0.717, 1.165) is 38.0 Å². The maximum atomic E-state index is 13.3. The normalized spacial score (nSPS) is 28.0. The Morgan fingerprint density at radius 3 is 2.59 bits per heavy atom. The van der Waals surface area contributed by atoms with Crippen LogP contribution in [0.1, 0.15) is 82.5 Å². The zero-order valence-electron chi connectivity index (χ0n) is 22.1. The predicted molar refractivity (Wildman–Crippen MR) is 149 cm³/mol. The Bertz CT molecular complexity index is 1220. The van der Waals surface area contributed by atoms with E-state index in [9.17, 15) is 14.7 Å². The van der Waals surface area contributed by atoms with E-state index < -0.39 is 5.60 Å². The highest BCUT2D eigenvalue weighted by Gasteiger charge is 2.56. The van der Waals surface area contributed by atoms with Crippen molar-refractivity contribution in [3.05, 3.63) is 50.9 Å². The van der Waals surface area contributed by atoms with Crippen molar-refractivity contribution in [2.45, 2.75) is 83.8 Å². The number of anilines is 1. The lowest BCUT2D eigenvalue weighted by Crippen LogP contribution is -2.58.